The molecular weight excluding hydrogens is 426 g/mol. The summed E-state index contributed by atoms with van der Waals surface area (Å²) in [4.78, 5) is 12.2. The van der Waals surface area contributed by atoms with Crippen LogP contribution < -0.4 is 4.90 Å². The molecule has 1 fully saturated rings. The molecule has 2 aromatic heterocycles. The summed E-state index contributed by atoms with van der Waals surface area (Å²) in [6.45, 7) is 2.74. The predicted octanol–water partition coefficient (Wildman–Crippen LogP) is 4.27. The van der Waals surface area contributed by atoms with Crippen molar-refractivity contribution in [2.75, 3.05) is 31.1 Å². The molecule has 0 atom stereocenters. The monoisotopic (exact) mass is 441 g/mol. The lowest BCUT2D eigenvalue weighted by molar-refractivity contribution is -0.137. The van der Waals surface area contributed by atoms with E-state index in [1.807, 2.05) is 4.90 Å². The van der Waals surface area contributed by atoms with Gasteiger partial charge in [-0.2, -0.15) is 18.2 Å². The summed E-state index contributed by atoms with van der Waals surface area (Å²) in [6, 6.07) is 6.69. The van der Waals surface area contributed by atoms with Crippen LogP contribution >= 0.6 is 11.6 Å². The third-order valence-electron chi connectivity index (χ3n) is 4.75. The Hall–Kier alpha value is -2.72. The fourth-order valence-corrected chi connectivity index (χ4v) is 3.45. The zero-order valence-corrected chi connectivity index (χ0v) is 16.3. The van der Waals surface area contributed by atoms with Crippen LogP contribution in [0.15, 0.2) is 41.1 Å². The summed E-state index contributed by atoms with van der Waals surface area (Å²) in [5.41, 5.74) is -0.220. The van der Waals surface area contributed by atoms with Gasteiger partial charge in [0, 0.05) is 37.9 Å². The average Bonchev–Trinajstić information content (AvgIpc) is 3.17. The number of piperazine rings is 1. The van der Waals surface area contributed by atoms with Crippen molar-refractivity contribution < 1.29 is 22.1 Å². The molecule has 0 bridgehead atoms. The second-order valence-electron chi connectivity index (χ2n) is 6.81. The molecule has 0 radical (unpaired) electrons. The van der Waals surface area contributed by atoms with Crippen LogP contribution in [-0.2, 0) is 12.7 Å². The molecule has 0 N–H and O–H groups in total. The first-order valence-electron chi connectivity index (χ1n) is 9.08. The quantitative estimate of drug-likeness (QED) is 0.564. The molecule has 3 aromatic rings. The summed E-state index contributed by atoms with van der Waals surface area (Å²) >= 11 is 6.03. The molecule has 0 spiro atoms. The number of hydrogen-bond acceptors (Lipinski definition) is 6. The van der Waals surface area contributed by atoms with Crippen molar-refractivity contribution >= 4 is 17.4 Å². The lowest BCUT2D eigenvalue weighted by Gasteiger charge is -2.35. The van der Waals surface area contributed by atoms with Gasteiger partial charge in [-0.3, -0.25) is 4.90 Å². The molecule has 1 aromatic carbocycles. The number of rotatable bonds is 4. The summed E-state index contributed by atoms with van der Waals surface area (Å²) in [5, 5.41) is 3.89. The van der Waals surface area contributed by atoms with Crippen LogP contribution in [0.1, 0.15) is 11.5 Å². The highest BCUT2D eigenvalue weighted by atomic mass is 35.5. The normalized spacial score (nSPS) is 15.6. The van der Waals surface area contributed by atoms with Gasteiger partial charge in [-0.25, -0.2) is 9.37 Å². The van der Waals surface area contributed by atoms with Crippen LogP contribution in [0, 0.1) is 5.82 Å². The maximum atomic E-state index is 13.0. The van der Waals surface area contributed by atoms with Crippen molar-refractivity contribution in [1.29, 1.82) is 0 Å². The minimum atomic E-state index is -4.48. The Morgan fingerprint density at radius 1 is 1.07 bits per heavy atom. The Bertz CT molecular complexity index is 1020. The highest BCUT2D eigenvalue weighted by Crippen LogP contribution is 2.33. The van der Waals surface area contributed by atoms with E-state index in [1.165, 1.54) is 12.1 Å². The predicted molar refractivity (Wildman–Crippen MR) is 101 cm³/mol. The van der Waals surface area contributed by atoms with Gasteiger partial charge in [-0.05, 0) is 30.3 Å². The van der Waals surface area contributed by atoms with Gasteiger partial charge in [0.1, 0.15) is 11.6 Å². The molecule has 3 heterocycles. The minimum absolute atomic E-state index is 0.0286. The van der Waals surface area contributed by atoms with Crippen LogP contribution in [0.4, 0.5) is 23.4 Å². The van der Waals surface area contributed by atoms with E-state index < -0.39 is 11.7 Å². The number of anilines is 1. The number of benzene rings is 1. The van der Waals surface area contributed by atoms with E-state index in [4.69, 9.17) is 16.1 Å². The van der Waals surface area contributed by atoms with Gasteiger partial charge in [0.15, 0.2) is 0 Å². The van der Waals surface area contributed by atoms with Crippen LogP contribution in [0.3, 0.4) is 0 Å². The number of hydrogen-bond donors (Lipinski definition) is 0. The van der Waals surface area contributed by atoms with E-state index >= 15 is 0 Å². The molecule has 0 amide bonds. The second kappa shape index (κ2) is 8.19. The van der Waals surface area contributed by atoms with Crippen molar-refractivity contribution in [3.8, 4) is 11.4 Å². The van der Waals surface area contributed by atoms with Crippen LogP contribution in [-0.4, -0.2) is 46.2 Å². The Morgan fingerprint density at radius 2 is 1.77 bits per heavy atom. The van der Waals surface area contributed by atoms with E-state index in [2.05, 4.69) is 20.0 Å². The lowest BCUT2D eigenvalue weighted by atomic mass is 10.2. The molecule has 0 unspecified atom stereocenters. The standard InChI is InChI=1S/C19H16ClF4N5O/c20-15-9-13(19(22,23)24)10-25-18(15)29-7-5-28(6-8-29)11-16-26-17(27-30-16)12-1-3-14(21)4-2-12/h1-4,9-10H,5-8,11H2. The first kappa shape index (κ1) is 20.5. The fourth-order valence-electron chi connectivity index (χ4n) is 3.16. The lowest BCUT2D eigenvalue weighted by Crippen LogP contribution is -2.46. The molecule has 158 valence electrons. The third kappa shape index (κ3) is 4.54. The van der Waals surface area contributed by atoms with E-state index in [1.54, 1.807) is 12.1 Å². The smallest absolute Gasteiger partial charge is 0.353 e. The van der Waals surface area contributed by atoms with E-state index in [0.29, 0.717) is 55.8 Å². The SMILES string of the molecule is Fc1ccc(-c2noc(CN3CCN(c4ncc(C(F)(F)F)cc4Cl)CC3)n2)cc1. The Labute approximate surface area is 174 Å². The topological polar surface area (TPSA) is 58.3 Å². The first-order valence-corrected chi connectivity index (χ1v) is 9.46. The van der Waals surface area contributed by atoms with Gasteiger partial charge in [0.2, 0.25) is 11.7 Å². The zero-order valence-electron chi connectivity index (χ0n) is 15.5. The highest BCUT2D eigenvalue weighted by molar-refractivity contribution is 6.33. The Balaban J connectivity index is 1.36. The molecule has 1 aliphatic rings. The number of pyridine rings is 1. The minimum Gasteiger partial charge on any atom is -0.353 e. The third-order valence-corrected chi connectivity index (χ3v) is 5.03. The average molecular weight is 442 g/mol. The van der Waals surface area contributed by atoms with Gasteiger partial charge in [-0.15, -0.1) is 0 Å². The van der Waals surface area contributed by atoms with Crippen molar-refractivity contribution in [2.24, 2.45) is 0 Å². The molecule has 1 aliphatic heterocycles. The molecule has 0 saturated carbocycles. The van der Waals surface area contributed by atoms with Crippen LogP contribution in [0.2, 0.25) is 5.02 Å². The molecule has 4 rings (SSSR count). The molecule has 11 heteroatoms. The van der Waals surface area contributed by atoms with Crippen LogP contribution in [0.25, 0.3) is 11.4 Å². The number of alkyl halides is 3. The largest absolute Gasteiger partial charge is 0.417 e. The van der Waals surface area contributed by atoms with Crippen molar-refractivity contribution in [3.63, 3.8) is 0 Å². The summed E-state index contributed by atoms with van der Waals surface area (Å²) in [6.07, 6.45) is -3.69. The van der Waals surface area contributed by atoms with Crippen LogP contribution in [0.5, 0.6) is 0 Å². The van der Waals surface area contributed by atoms with E-state index in [-0.39, 0.29) is 10.8 Å². The molecule has 0 aliphatic carbocycles. The van der Waals surface area contributed by atoms with Gasteiger partial charge in [0.05, 0.1) is 17.1 Å². The molecular formula is C19H16ClF4N5O. The number of nitrogens with zero attached hydrogens (tertiary/aromatic N) is 5. The Kier molecular flexibility index (Phi) is 5.61. The molecule has 6 nitrogen and oxygen atoms in total. The van der Waals surface area contributed by atoms with Gasteiger partial charge >= 0.3 is 6.18 Å². The Morgan fingerprint density at radius 3 is 2.40 bits per heavy atom. The molecule has 1 saturated heterocycles. The van der Waals surface area contributed by atoms with Crippen molar-refractivity contribution in [2.45, 2.75) is 12.7 Å². The van der Waals surface area contributed by atoms with Gasteiger partial charge in [-0.1, -0.05) is 16.8 Å². The second-order valence-corrected chi connectivity index (χ2v) is 7.22. The highest BCUT2D eigenvalue weighted by Gasteiger charge is 2.32. The van der Waals surface area contributed by atoms with Gasteiger partial charge < -0.3 is 9.42 Å². The van der Waals surface area contributed by atoms with Gasteiger partial charge in [0.25, 0.3) is 0 Å². The fraction of sp³-hybridized carbons (Fsp3) is 0.316. The summed E-state index contributed by atoms with van der Waals surface area (Å²) < 4.78 is 56.6. The summed E-state index contributed by atoms with van der Waals surface area (Å²) in [7, 11) is 0. The van der Waals surface area contributed by atoms with Crippen molar-refractivity contribution in [1.82, 2.24) is 20.0 Å². The zero-order chi connectivity index (χ0) is 21.3. The van der Waals surface area contributed by atoms with Crippen molar-refractivity contribution in [3.05, 3.63) is 58.8 Å². The summed E-state index contributed by atoms with van der Waals surface area (Å²) in [5.74, 6) is 0.793. The first-order chi connectivity index (χ1) is 14.3. The van der Waals surface area contributed by atoms with E-state index in [0.717, 1.165) is 12.3 Å². The maximum absolute atomic E-state index is 13.0. The number of halogens is 5. The maximum Gasteiger partial charge on any atom is 0.417 e. The number of aromatic nitrogens is 3. The van der Waals surface area contributed by atoms with E-state index in [9.17, 15) is 17.6 Å². The molecule has 30 heavy (non-hydrogen) atoms.